The third kappa shape index (κ3) is 4.16. The van der Waals surface area contributed by atoms with Crippen molar-refractivity contribution in [3.05, 3.63) is 47.5 Å². The van der Waals surface area contributed by atoms with Crippen molar-refractivity contribution < 1.29 is 13.9 Å². The van der Waals surface area contributed by atoms with Crippen LogP contribution in [0.25, 0.3) is 0 Å². The van der Waals surface area contributed by atoms with E-state index < -0.39 is 5.82 Å². The lowest BCUT2D eigenvalue weighted by Crippen LogP contribution is -2.36. The molecule has 3 rings (SSSR count). The Labute approximate surface area is 158 Å². The standard InChI is InChI=1S/C18H23FN4O2.ClH/c1-11(12-4-5-17(25-3)16(19)6-12)22-18(24)15-9-20-8-14(15)13-7-21-23(2)10-13;/h4-7,10-11,14-15,20H,8-9H2,1-3H3,(H,22,24);1H/t11?,14-,15+;/m1./s1. The highest BCUT2D eigenvalue weighted by Gasteiger charge is 2.35. The summed E-state index contributed by atoms with van der Waals surface area (Å²) >= 11 is 0. The molecule has 1 aromatic heterocycles. The van der Waals surface area contributed by atoms with Crippen LogP contribution in [0.2, 0.25) is 0 Å². The Kier molecular flexibility index (Phi) is 6.61. The van der Waals surface area contributed by atoms with Crippen LogP contribution in [0.3, 0.4) is 0 Å². The van der Waals surface area contributed by atoms with Gasteiger partial charge in [-0.3, -0.25) is 9.48 Å². The molecular formula is C18H24ClFN4O2. The van der Waals surface area contributed by atoms with E-state index in [9.17, 15) is 9.18 Å². The maximum Gasteiger partial charge on any atom is 0.225 e. The van der Waals surface area contributed by atoms with Gasteiger partial charge >= 0.3 is 0 Å². The van der Waals surface area contributed by atoms with Crippen LogP contribution >= 0.6 is 12.4 Å². The first-order valence-electron chi connectivity index (χ1n) is 8.32. The van der Waals surface area contributed by atoms with Gasteiger partial charge in [-0.15, -0.1) is 12.4 Å². The lowest BCUT2D eigenvalue weighted by molar-refractivity contribution is -0.125. The van der Waals surface area contributed by atoms with Gasteiger partial charge in [0, 0.05) is 32.3 Å². The van der Waals surface area contributed by atoms with E-state index in [-0.39, 0.29) is 41.9 Å². The Hall–Kier alpha value is -2.12. The average Bonchev–Trinajstić information content (AvgIpc) is 3.23. The molecule has 1 saturated heterocycles. The Morgan fingerprint density at radius 3 is 2.85 bits per heavy atom. The van der Waals surface area contributed by atoms with E-state index in [0.29, 0.717) is 12.1 Å². The van der Waals surface area contributed by atoms with Crippen molar-refractivity contribution in [2.45, 2.75) is 18.9 Å². The number of carbonyl (C=O) groups is 1. The van der Waals surface area contributed by atoms with Crippen LogP contribution < -0.4 is 15.4 Å². The Bertz CT molecular complexity index is 767. The summed E-state index contributed by atoms with van der Waals surface area (Å²) in [4.78, 5) is 12.7. The van der Waals surface area contributed by atoms with Gasteiger partial charge in [-0.1, -0.05) is 6.07 Å². The predicted molar refractivity (Wildman–Crippen MR) is 99.1 cm³/mol. The summed E-state index contributed by atoms with van der Waals surface area (Å²) in [6.07, 6.45) is 3.75. The number of nitrogens with one attached hydrogen (secondary N) is 2. The van der Waals surface area contributed by atoms with Crippen LogP contribution in [0.4, 0.5) is 4.39 Å². The third-order valence-electron chi connectivity index (χ3n) is 4.74. The van der Waals surface area contributed by atoms with Crippen molar-refractivity contribution in [1.29, 1.82) is 0 Å². The number of amides is 1. The molecule has 2 heterocycles. The molecule has 6 nitrogen and oxygen atoms in total. The molecule has 1 amide bonds. The molecule has 0 bridgehead atoms. The number of benzene rings is 1. The highest BCUT2D eigenvalue weighted by molar-refractivity contribution is 5.85. The summed E-state index contributed by atoms with van der Waals surface area (Å²) in [5, 5.41) is 10.5. The molecule has 26 heavy (non-hydrogen) atoms. The van der Waals surface area contributed by atoms with Crippen molar-refractivity contribution in [3.63, 3.8) is 0 Å². The first kappa shape index (κ1) is 20.2. The number of aromatic nitrogens is 2. The maximum absolute atomic E-state index is 13.9. The van der Waals surface area contributed by atoms with Gasteiger partial charge in [0.2, 0.25) is 5.91 Å². The quantitative estimate of drug-likeness (QED) is 0.831. The summed E-state index contributed by atoms with van der Waals surface area (Å²) in [5.74, 6) is -0.360. The lowest BCUT2D eigenvalue weighted by atomic mass is 9.90. The zero-order valence-electron chi connectivity index (χ0n) is 15.0. The Morgan fingerprint density at radius 2 is 2.23 bits per heavy atom. The van der Waals surface area contributed by atoms with Gasteiger partial charge in [-0.05, 0) is 30.2 Å². The monoisotopic (exact) mass is 382 g/mol. The lowest BCUT2D eigenvalue weighted by Gasteiger charge is -2.21. The summed E-state index contributed by atoms with van der Waals surface area (Å²) in [6, 6.07) is 4.44. The summed E-state index contributed by atoms with van der Waals surface area (Å²) in [6.45, 7) is 3.21. The number of carbonyl (C=O) groups excluding carboxylic acids is 1. The second-order valence-corrected chi connectivity index (χ2v) is 6.44. The van der Waals surface area contributed by atoms with Crippen molar-refractivity contribution in [2.75, 3.05) is 20.2 Å². The SMILES string of the molecule is COc1ccc(C(C)NC(=O)[C@H]2CNC[C@@H]2c2cnn(C)c2)cc1F.Cl. The molecule has 2 aromatic rings. The van der Waals surface area contributed by atoms with E-state index in [1.165, 1.54) is 13.2 Å². The molecule has 1 aliphatic rings. The zero-order valence-corrected chi connectivity index (χ0v) is 15.8. The van der Waals surface area contributed by atoms with Crippen molar-refractivity contribution in [1.82, 2.24) is 20.4 Å². The molecule has 142 valence electrons. The normalized spacial score (nSPS) is 20.3. The van der Waals surface area contributed by atoms with Crippen LogP contribution in [0.1, 0.15) is 30.0 Å². The van der Waals surface area contributed by atoms with Gasteiger partial charge in [-0.2, -0.15) is 5.10 Å². The second kappa shape index (κ2) is 8.51. The number of methoxy groups -OCH3 is 1. The fraction of sp³-hybridized carbons (Fsp3) is 0.444. The van der Waals surface area contributed by atoms with Gasteiger partial charge in [0.1, 0.15) is 0 Å². The van der Waals surface area contributed by atoms with Crippen LogP contribution in [0.5, 0.6) is 5.75 Å². The minimum Gasteiger partial charge on any atom is -0.494 e. The second-order valence-electron chi connectivity index (χ2n) is 6.44. The third-order valence-corrected chi connectivity index (χ3v) is 4.74. The van der Waals surface area contributed by atoms with Crippen LogP contribution in [-0.2, 0) is 11.8 Å². The number of nitrogens with zero attached hydrogens (tertiary/aromatic N) is 2. The number of hydrogen-bond acceptors (Lipinski definition) is 4. The number of hydrogen-bond donors (Lipinski definition) is 2. The fourth-order valence-corrected chi connectivity index (χ4v) is 3.29. The van der Waals surface area contributed by atoms with E-state index in [2.05, 4.69) is 15.7 Å². The average molecular weight is 383 g/mol. The van der Waals surface area contributed by atoms with Crippen LogP contribution in [-0.4, -0.2) is 35.9 Å². The van der Waals surface area contributed by atoms with E-state index in [4.69, 9.17) is 4.74 Å². The Morgan fingerprint density at radius 1 is 1.46 bits per heavy atom. The number of halogens is 2. The molecule has 0 radical (unpaired) electrons. The predicted octanol–water partition coefficient (Wildman–Crippen LogP) is 2.17. The van der Waals surface area contributed by atoms with Crippen LogP contribution in [0.15, 0.2) is 30.6 Å². The molecule has 8 heteroatoms. The summed E-state index contributed by atoms with van der Waals surface area (Å²) < 4.78 is 20.5. The van der Waals surface area contributed by atoms with Gasteiger partial charge in [0.25, 0.3) is 0 Å². The molecule has 3 atom stereocenters. The largest absolute Gasteiger partial charge is 0.494 e. The topological polar surface area (TPSA) is 68.2 Å². The van der Waals surface area contributed by atoms with Gasteiger partial charge in [0.05, 0.1) is 25.3 Å². The molecule has 1 aliphatic heterocycles. The van der Waals surface area contributed by atoms with Crippen molar-refractivity contribution in [3.8, 4) is 5.75 Å². The highest BCUT2D eigenvalue weighted by atomic mass is 35.5. The zero-order chi connectivity index (χ0) is 18.0. The van der Waals surface area contributed by atoms with E-state index in [0.717, 1.165) is 12.1 Å². The molecule has 2 N–H and O–H groups in total. The van der Waals surface area contributed by atoms with Gasteiger partial charge in [0.15, 0.2) is 11.6 Å². The van der Waals surface area contributed by atoms with Crippen molar-refractivity contribution >= 4 is 18.3 Å². The molecule has 0 spiro atoms. The Balaban J connectivity index is 0.00000243. The van der Waals surface area contributed by atoms with Gasteiger partial charge < -0.3 is 15.4 Å². The first-order chi connectivity index (χ1) is 12.0. The van der Waals surface area contributed by atoms with E-state index in [1.807, 2.05) is 20.2 Å². The minimum atomic E-state index is -0.433. The number of rotatable bonds is 5. The van der Waals surface area contributed by atoms with E-state index >= 15 is 0 Å². The molecule has 1 fully saturated rings. The molecule has 0 aliphatic carbocycles. The molecule has 0 saturated carbocycles. The number of ether oxygens (including phenoxy) is 1. The van der Waals surface area contributed by atoms with Crippen LogP contribution in [0, 0.1) is 11.7 Å². The summed E-state index contributed by atoms with van der Waals surface area (Å²) in [5.41, 5.74) is 1.76. The molecular weight excluding hydrogens is 359 g/mol. The molecule has 1 unspecified atom stereocenters. The smallest absolute Gasteiger partial charge is 0.225 e. The van der Waals surface area contributed by atoms with Crippen molar-refractivity contribution in [2.24, 2.45) is 13.0 Å². The van der Waals surface area contributed by atoms with E-state index in [1.54, 1.807) is 23.0 Å². The fourth-order valence-electron chi connectivity index (χ4n) is 3.29. The maximum atomic E-state index is 13.9. The summed E-state index contributed by atoms with van der Waals surface area (Å²) in [7, 11) is 3.29. The highest BCUT2D eigenvalue weighted by Crippen LogP contribution is 2.29. The minimum absolute atomic E-state index is 0. The number of aryl methyl sites for hydroxylation is 1. The molecule has 1 aromatic carbocycles. The van der Waals surface area contributed by atoms with Gasteiger partial charge in [-0.25, -0.2) is 4.39 Å². The first-order valence-corrected chi connectivity index (χ1v) is 8.32.